The predicted molar refractivity (Wildman–Crippen MR) is 75.3 cm³/mol. The molecule has 3 rings (SSSR count). The standard InChI is InChI=1S/C16H17FN2O/c1-11-2-6-15(7-3-11)20-16-12(8-13(17)10-19-16)9-18-14-4-5-14/h2-3,6-8,10,14,18H,4-5,9H2,1H3. The highest BCUT2D eigenvalue weighted by Gasteiger charge is 2.21. The zero-order chi connectivity index (χ0) is 13.9. The molecule has 3 nitrogen and oxygen atoms in total. The molecule has 1 saturated carbocycles. The summed E-state index contributed by atoms with van der Waals surface area (Å²) in [6, 6.07) is 9.76. The van der Waals surface area contributed by atoms with Gasteiger partial charge in [0.2, 0.25) is 5.88 Å². The van der Waals surface area contributed by atoms with Crippen molar-refractivity contribution in [2.24, 2.45) is 0 Å². The number of pyridine rings is 1. The van der Waals surface area contributed by atoms with E-state index in [1.807, 2.05) is 31.2 Å². The number of hydrogen-bond acceptors (Lipinski definition) is 3. The highest BCUT2D eigenvalue weighted by Crippen LogP contribution is 2.25. The highest BCUT2D eigenvalue weighted by molar-refractivity contribution is 5.34. The second-order valence-corrected chi connectivity index (χ2v) is 5.19. The molecule has 0 aliphatic heterocycles. The Kier molecular flexibility index (Phi) is 3.65. The fraction of sp³-hybridized carbons (Fsp3) is 0.312. The maximum absolute atomic E-state index is 13.3. The number of benzene rings is 1. The van der Waals surface area contributed by atoms with Crippen LogP contribution in [0.5, 0.6) is 11.6 Å². The van der Waals surface area contributed by atoms with E-state index in [1.165, 1.54) is 30.7 Å². The monoisotopic (exact) mass is 272 g/mol. The Morgan fingerprint density at radius 2 is 2.05 bits per heavy atom. The summed E-state index contributed by atoms with van der Waals surface area (Å²) in [4.78, 5) is 4.06. The maximum atomic E-state index is 13.3. The molecular weight excluding hydrogens is 255 g/mol. The van der Waals surface area contributed by atoms with Gasteiger partial charge in [0.25, 0.3) is 0 Å². The van der Waals surface area contributed by atoms with Crippen molar-refractivity contribution in [2.75, 3.05) is 0 Å². The van der Waals surface area contributed by atoms with E-state index in [9.17, 15) is 4.39 Å². The molecule has 104 valence electrons. The number of halogens is 1. The molecule has 1 heterocycles. The molecule has 1 aromatic carbocycles. The Bertz CT molecular complexity index is 594. The topological polar surface area (TPSA) is 34.1 Å². The summed E-state index contributed by atoms with van der Waals surface area (Å²) in [6.07, 6.45) is 3.57. The van der Waals surface area contributed by atoms with E-state index in [0.717, 1.165) is 5.56 Å². The van der Waals surface area contributed by atoms with Crippen LogP contribution in [0.4, 0.5) is 4.39 Å². The van der Waals surface area contributed by atoms with Crippen molar-refractivity contribution < 1.29 is 9.13 Å². The van der Waals surface area contributed by atoms with Crippen LogP contribution in [-0.4, -0.2) is 11.0 Å². The fourth-order valence-electron chi connectivity index (χ4n) is 1.95. The van der Waals surface area contributed by atoms with Crippen LogP contribution in [0.15, 0.2) is 36.5 Å². The van der Waals surface area contributed by atoms with Crippen LogP contribution < -0.4 is 10.1 Å². The Hall–Kier alpha value is -1.94. The molecular formula is C16H17FN2O. The Balaban J connectivity index is 1.77. The molecule has 0 spiro atoms. The third-order valence-corrected chi connectivity index (χ3v) is 3.29. The second kappa shape index (κ2) is 5.59. The van der Waals surface area contributed by atoms with E-state index in [4.69, 9.17) is 4.74 Å². The number of nitrogens with one attached hydrogen (secondary N) is 1. The summed E-state index contributed by atoms with van der Waals surface area (Å²) < 4.78 is 19.1. The van der Waals surface area contributed by atoms with Crippen LogP contribution in [0.1, 0.15) is 24.0 Å². The van der Waals surface area contributed by atoms with Gasteiger partial charge in [-0.25, -0.2) is 9.37 Å². The lowest BCUT2D eigenvalue weighted by atomic mass is 10.2. The van der Waals surface area contributed by atoms with E-state index in [0.29, 0.717) is 24.2 Å². The lowest BCUT2D eigenvalue weighted by Crippen LogP contribution is -2.16. The van der Waals surface area contributed by atoms with E-state index < -0.39 is 0 Å². The number of aromatic nitrogens is 1. The minimum atomic E-state index is -0.339. The maximum Gasteiger partial charge on any atom is 0.223 e. The predicted octanol–water partition coefficient (Wildman–Crippen LogP) is 3.57. The van der Waals surface area contributed by atoms with Crippen LogP contribution in [0, 0.1) is 12.7 Å². The summed E-state index contributed by atoms with van der Waals surface area (Å²) in [6.45, 7) is 2.60. The van der Waals surface area contributed by atoms with E-state index in [1.54, 1.807) is 0 Å². The SMILES string of the molecule is Cc1ccc(Oc2ncc(F)cc2CNC2CC2)cc1. The van der Waals surface area contributed by atoms with Gasteiger partial charge in [-0.15, -0.1) is 0 Å². The minimum Gasteiger partial charge on any atom is -0.439 e. The number of rotatable bonds is 5. The fourth-order valence-corrected chi connectivity index (χ4v) is 1.95. The number of hydrogen-bond donors (Lipinski definition) is 1. The first-order valence-electron chi connectivity index (χ1n) is 6.83. The van der Waals surface area contributed by atoms with Crippen molar-refractivity contribution >= 4 is 0 Å². The summed E-state index contributed by atoms with van der Waals surface area (Å²) in [5.41, 5.74) is 1.91. The quantitative estimate of drug-likeness (QED) is 0.903. The van der Waals surface area contributed by atoms with Gasteiger partial charge in [0.05, 0.1) is 6.20 Å². The van der Waals surface area contributed by atoms with Gasteiger partial charge in [0.1, 0.15) is 11.6 Å². The van der Waals surface area contributed by atoms with E-state index in [2.05, 4.69) is 10.3 Å². The second-order valence-electron chi connectivity index (χ2n) is 5.19. The first-order valence-corrected chi connectivity index (χ1v) is 6.83. The van der Waals surface area contributed by atoms with Crippen LogP contribution in [0.3, 0.4) is 0 Å². The van der Waals surface area contributed by atoms with Gasteiger partial charge >= 0.3 is 0 Å². The van der Waals surface area contributed by atoms with Crippen LogP contribution >= 0.6 is 0 Å². The van der Waals surface area contributed by atoms with Gasteiger partial charge in [-0.1, -0.05) is 17.7 Å². The molecule has 0 saturated heterocycles. The zero-order valence-corrected chi connectivity index (χ0v) is 11.4. The summed E-state index contributed by atoms with van der Waals surface area (Å²) in [5, 5.41) is 3.35. The number of ether oxygens (including phenoxy) is 1. The van der Waals surface area contributed by atoms with Crippen molar-refractivity contribution in [1.29, 1.82) is 0 Å². The van der Waals surface area contributed by atoms with Gasteiger partial charge in [0, 0.05) is 18.2 Å². The molecule has 20 heavy (non-hydrogen) atoms. The molecule has 1 aromatic heterocycles. The molecule has 0 atom stereocenters. The zero-order valence-electron chi connectivity index (χ0n) is 11.4. The summed E-state index contributed by atoms with van der Waals surface area (Å²) in [5.74, 6) is 0.833. The van der Waals surface area contributed by atoms with Crippen LogP contribution in [0.2, 0.25) is 0 Å². The molecule has 1 aliphatic rings. The van der Waals surface area contributed by atoms with E-state index in [-0.39, 0.29) is 5.82 Å². The van der Waals surface area contributed by atoms with Crippen molar-refractivity contribution in [3.8, 4) is 11.6 Å². The van der Waals surface area contributed by atoms with Gasteiger partial charge in [-0.2, -0.15) is 0 Å². The highest BCUT2D eigenvalue weighted by atomic mass is 19.1. The molecule has 2 aromatic rings. The van der Waals surface area contributed by atoms with Gasteiger partial charge < -0.3 is 10.1 Å². The third-order valence-electron chi connectivity index (χ3n) is 3.29. The average Bonchev–Trinajstić information content (AvgIpc) is 3.25. The molecule has 0 unspecified atom stereocenters. The molecule has 1 N–H and O–H groups in total. The van der Waals surface area contributed by atoms with Crippen molar-refractivity contribution in [3.63, 3.8) is 0 Å². The lowest BCUT2D eigenvalue weighted by molar-refractivity contribution is 0.448. The van der Waals surface area contributed by atoms with Crippen LogP contribution in [0.25, 0.3) is 0 Å². The summed E-state index contributed by atoms with van der Waals surface area (Å²) in [7, 11) is 0. The molecule has 0 radical (unpaired) electrons. The molecule has 4 heteroatoms. The largest absolute Gasteiger partial charge is 0.439 e. The normalized spacial score (nSPS) is 14.3. The first kappa shape index (κ1) is 13.1. The Morgan fingerprint density at radius 3 is 2.75 bits per heavy atom. The van der Waals surface area contributed by atoms with Crippen molar-refractivity contribution in [1.82, 2.24) is 10.3 Å². The first-order chi connectivity index (χ1) is 9.70. The molecule has 0 bridgehead atoms. The van der Waals surface area contributed by atoms with Gasteiger partial charge in [-0.05, 0) is 38.0 Å². The van der Waals surface area contributed by atoms with Crippen molar-refractivity contribution in [3.05, 3.63) is 53.5 Å². The third kappa shape index (κ3) is 3.33. The average molecular weight is 272 g/mol. The van der Waals surface area contributed by atoms with Crippen molar-refractivity contribution in [2.45, 2.75) is 32.4 Å². The van der Waals surface area contributed by atoms with Crippen LogP contribution in [-0.2, 0) is 6.54 Å². The van der Waals surface area contributed by atoms with Gasteiger partial charge in [0.15, 0.2) is 0 Å². The van der Waals surface area contributed by atoms with E-state index >= 15 is 0 Å². The molecule has 1 aliphatic carbocycles. The number of aryl methyl sites for hydroxylation is 1. The minimum absolute atomic E-state index is 0.339. The van der Waals surface area contributed by atoms with Gasteiger partial charge in [-0.3, -0.25) is 0 Å². The number of nitrogens with zero attached hydrogens (tertiary/aromatic N) is 1. The molecule has 1 fully saturated rings. The smallest absolute Gasteiger partial charge is 0.223 e. The summed E-state index contributed by atoms with van der Waals surface area (Å²) >= 11 is 0. The molecule has 0 amide bonds. The Morgan fingerprint density at radius 1 is 1.30 bits per heavy atom. The lowest BCUT2D eigenvalue weighted by Gasteiger charge is -2.11. The Labute approximate surface area is 117 Å².